The van der Waals surface area contributed by atoms with Crippen molar-refractivity contribution in [3.8, 4) is 27.5 Å². The molecule has 1 unspecified atom stereocenters. The summed E-state index contributed by atoms with van der Waals surface area (Å²) in [4.78, 5) is 15.5. The highest BCUT2D eigenvalue weighted by molar-refractivity contribution is 9.10. The first-order valence-corrected chi connectivity index (χ1v) is 12.2. The topological polar surface area (TPSA) is 69.7 Å². The summed E-state index contributed by atoms with van der Waals surface area (Å²) >= 11 is 4.88. The quantitative estimate of drug-likeness (QED) is 0.348. The smallest absolute Gasteiger partial charge is 0.282 e. The molecule has 1 heterocycles. The van der Waals surface area contributed by atoms with Gasteiger partial charge in [-0.3, -0.25) is 4.79 Å². The van der Waals surface area contributed by atoms with Crippen LogP contribution in [0.1, 0.15) is 51.1 Å². The van der Waals surface area contributed by atoms with Gasteiger partial charge in [-0.25, -0.2) is 4.98 Å². The Morgan fingerprint density at radius 1 is 1.12 bits per heavy atom. The summed E-state index contributed by atoms with van der Waals surface area (Å²) in [5.74, 6) is 2.14. The van der Waals surface area contributed by atoms with Crippen molar-refractivity contribution in [2.75, 3.05) is 0 Å². The average Bonchev–Trinajstić information content (AvgIpc) is 3.42. The Morgan fingerprint density at radius 3 is 2.53 bits per heavy atom. The van der Waals surface area contributed by atoms with Crippen LogP contribution in [-0.2, 0) is 4.79 Å². The van der Waals surface area contributed by atoms with Crippen molar-refractivity contribution >= 4 is 33.2 Å². The molecule has 1 amide bonds. The lowest BCUT2D eigenvalue weighted by molar-refractivity contribution is -0.119. The second-order valence-electron chi connectivity index (χ2n) is 7.76. The van der Waals surface area contributed by atoms with Gasteiger partial charge in [0.25, 0.3) is 5.19 Å². The summed E-state index contributed by atoms with van der Waals surface area (Å²) < 4.78 is 18.7. The number of ether oxygens (including phenoxy) is 3. The molecule has 1 atom stereocenters. The summed E-state index contributed by atoms with van der Waals surface area (Å²) in [6.45, 7) is 3.45. The monoisotopic (exact) mass is 516 g/mol. The minimum Gasteiger partial charge on any atom is -0.490 e. The van der Waals surface area contributed by atoms with E-state index in [1.165, 1.54) is 31.1 Å². The van der Waals surface area contributed by atoms with E-state index in [4.69, 9.17) is 14.2 Å². The zero-order valence-electron chi connectivity index (χ0n) is 18.0. The Kier molecular flexibility index (Phi) is 7.32. The van der Waals surface area contributed by atoms with Crippen LogP contribution in [0, 0.1) is 0 Å². The van der Waals surface area contributed by atoms with Crippen LogP contribution in [0.15, 0.2) is 53.1 Å². The largest absolute Gasteiger partial charge is 0.490 e. The molecule has 1 fully saturated rings. The van der Waals surface area contributed by atoms with E-state index in [0.29, 0.717) is 27.9 Å². The lowest BCUT2D eigenvalue weighted by Crippen LogP contribution is -2.23. The molecule has 2 aromatic carbocycles. The van der Waals surface area contributed by atoms with Gasteiger partial charge in [-0.2, -0.15) is 0 Å². The number of amides is 1. The van der Waals surface area contributed by atoms with E-state index in [1.54, 1.807) is 6.20 Å². The van der Waals surface area contributed by atoms with E-state index in [1.807, 2.05) is 49.4 Å². The van der Waals surface area contributed by atoms with Crippen molar-refractivity contribution in [3.05, 3.63) is 58.7 Å². The molecule has 6 nitrogen and oxygen atoms in total. The zero-order valence-corrected chi connectivity index (χ0v) is 20.4. The van der Waals surface area contributed by atoms with Crippen molar-refractivity contribution in [1.29, 1.82) is 0 Å². The van der Waals surface area contributed by atoms with Crippen molar-refractivity contribution < 1.29 is 19.0 Å². The second-order valence-corrected chi connectivity index (χ2v) is 9.57. The first-order valence-electron chi connectivity index (χ1n) is 10.6. The van der Waals surface area contributed by atoms with E-state index < -0.39 is 0 Å². The van der Waals surface area contributed by atoms with Crippen LogP contribution in [0.5, 0.6) is 27.5 Å². The highest BCUT2D eigenvalue weighted by Gasteiger charge is 2.17. The number of nitrogens with zero attached hydrogens (tertiary/aromatic N) is 1. The summed E-state index contributed by atoms with van der Waals surface area (Å²) in [6, 6.07) is 13.3. The Hall–Kier alpha value is -2.58. The molecular formula is C24H25BrN2O4S. The molecule has 168 valence electrons. The lowest BCUT2D eigenvalue weighted by Gasteiger charge is -2.14. The van der Waals surface area contributed by atoms with Crippen LogP contribution in [0.3, 0.4) is 0 Å². The van der Waals surface area contributed by atoms with Crippen LogP contribution in [0.25, 0.3) is 0 Å². The van der Waals surface area contributed by atoms with E-state index in [9.17, 15) is 4.79 Å². The minimum absolute atomic E-state index is 0.0571. The summed E-state index contributed by atoms with van der Waals surface area (Å²) in [5, 5.41) is 3.98. The van der Waals surface area contributed by atoms with Gasteiger partial charge in [0.2, 0.25) is 11.0 Å². The molecule has 8 heteroatoms. The molecular weight excluding hydrogens is 492 g/mol. The fourth-order valence-electron chi connectivity index (χ4n) is 3.60. The van der Waals surface area contributed by atoms with Gasteiger partial charge in [-0.1, -0.05) is 12.1 Å². The number of carbonyl (C=O) groups is 1. The normalized spacial score (nSPS) is 14.7. The van der Waals surface area contributed by atoms with E-state index in [2.05, 4.69) is 26.2 Å². The molecule has 3 aromatic rings. The van der Waals surface area contributed by atoms with Crippen LogP contribution < -0.4 is 19.5 Å². The van der Waals surface area contributed by atoms with Gasteiger partial charge in [-0.05, 0) is 95.8 Å². The highest BCUT2D eigenvalue weighted by Crippen LogP contribution is 2.38. The van der Waals surface area contributed by atoms with Crippen LogP contribution in [0.4, 0.5) is 0 Å². The van der Waals surface area contributed by atoms with Crippen LogP contribution in [0.2, 0.25) is 0 Å². The third kappa shape index (κ3) is 6.01. The molecule has 0 spiro atoms. The molecule has 1 aliphatic rings. The van der Waals surface area contributed by atoms with E-state index in [-0.39, 0.29) is 11.9 Å². The molecule has 1 aliphatic carbocycles. The lowest BCUT2D eigenvalue weighted by atomic mass is 10.1. The predicted octanol–water partition coefficient (Wildman–Crippen LogP) is 7.01. The first kappa shape index (κ1) is 22.6. The maximum atomic E-state index is 11.2. The molecule has 1 saturated carbocycles. The number of hydrogen-bond donors (Lipinski definition) is 1. The highest BCUT2D eigenvalue weighted by atomic mass is 79.9. The Labute approximate surface area is 200 Å². The van der Waals surface area contributed by atoms with Crippen molar-refractivity contribution in [1.82, 2.24) is 10.3 Å². The number of rotatable bonds is 8. The van der Waals surface area contributed by atoms with Gasteiger partial charge in [0.1, 0.15) is 17.2 Å². The number of halogens is 1. The summed E-state index contributed by atoms with van der Waals surface area (Å²) in [5.41, 5.74) is 1.01. The molecule has 4 rings (SSSR count). The van der Waals surface area contributed by atoms with Crippen molar-refractivity contribution in [2.45, 2.75) is 51.7 Å². The second kappa shape index (κ2) is 10.4. The fourth-order valence-corrected chi connectivity index (χ4v) is 4.69. The number of aromatic nitrogens is 1. The minimum atomic E-state index is -0.0577. The van der Waals surface area contributed by atoms with Gasteiger partial charge in [0, 0.05) is 6.92 Å². The Bertz CT molecular complexity index is 1060. The molecule has 1 aromatic heterocycles. The van der Waals surface area contributed by atoms with Crippen LogP contribution >= 0.6 is 27.3 Å². The van der Waals surface area contributed by atoms with Crippen LogP contribution in [-0.4, -0.2) is 17.0 Å². The summed E-state index contributed by atoms with van der Waals surface area (Å²) in [6.07, 6.45) is 6.67. The van der Waals surface area contributed by atoms with Crippen molar-refractivity contribution in [2.24, 2.45) is 0 Å². The Morgan fingerprint density at radius 2 is 1.84 bits per heavy atom. The maximum Gasteiger partial charge on any atom is 0.282 e. The molecule has 0 radical (unpaired) electrons. The van der Waals surface area contributed by atoms with E-state index >= 15 is 0 Å². The van der Waals surface area contributed by atoms with Gasteiger partial charge in [-0.15, -0.1) is 0 Å². The molecule has 1 N–H and O–H groups in total. The maximum absolute atomic E-state index is 11.2. The Balaban J connectivity index is 1.35. The average molecular weight is 517 g/mol. The molecule has 0 aliphatic heterocycles. The van der Waals surface area contributed by atoms with Gasteiger partial charge in [0.15, 0.2) is 0 Å². The van der Waals surface area contributed by atoms with Gasteiger partial charge in [0.05, 0.1) is 22.8 Å². The number of benzene rings is 2. The van der Waals surface area contributed by atoms with E-state index in [0.717, 1.165) is 28.6 Å². The SMILES string of the molecule is CC(=O)NC(C)c1ccc(Oc2cnc(Oc3ccc(OC4CCCC4)cc3Br)s2)cc1. The molecule has 0 bridgehead atoms. The number of nitrogens with one attached hydrogen (secondary N) is 1. The number of thiazole rings is 1. The fraction of sp³-hybridized carbons (Fsp3) is 0.333. The third-order valence-electron chi connectivity index (χ3n) is 5.19. The number of carbonyl (C=O) groups excluding carboxylic acids is 1. The van der Waals surface area contributed by atoms with Gasteiger partial charge < -0.3 is 19.5 Å². The van der Waals surface area contributed by atoms with Gasteiger partial charge >= 0.3 is 0 Å². The predicted molar refractivity (Wildman–Crippen MR) is 128 cm³/mol. The summed E-state index contributed by atoms with van der Waals surface area (Å²) in [7, 11) is 0. The van der Waals surface area contributed by atoms with Crippen molar-refractivity contribution in [3.63, 3.8) is 0 Å². The number of hydrogen-bond acceptors (Lipinski definition) is 6. The first-order chi connectivity index (χ1) is 15.5. The standard InChI is InChI=1S/C24H25BrN2O4S/c1-15(27-16(2)28)17-7-9-19(10-8-17)30-23-14-26-24(32-23)31-22-12-11-20(13-21(22)25)29-18-5-3-4-6-18/h7-15,18H,3-6H2,1-2H3,(H,27,28). The molecule has 0 saturated heterocycles. The molecule has 32 heavy (non-hydrogen) atoms. The zero-order chi connectivity index (χ0) is 22.5. The third-order valence-corrected chi connectivity index (χ3v) is 6.56.